The maximum Gasteiger partial charge on any atom is 0.0330 e. The third-order valence-corrected chi connectivity index (χ3v) is 4.18. The summed E-state index contributed by atoms with van der Waals surface area (Å²) in [5, 5.41) is 3.66. The van der Waals surface area contributed by atoms with Crippen molar-refractivity contribution in [2.75, 3.05) is 27.2 Å². The quantitative estimate of drug-likeness (QED) is 0.701. The van der Waals surface area contributed by atoms with Gasteiger partial charge in [0.1, 0.15) is 0 Å². The molecule has 0 heterocycles. The largest absolute Gasteiger partial charge is 0.315 e. The summed E-state index contributed by atoms with van der Waals surface area (Å²) < 4.78 is 0. The maximum atomic E-state index is 3.66. The van der Waals surface area contributed by atoms with Crippen molar-refractivity contribution < 1.29 is 0 Å². The second kappa shape index (κ2) is 6.61. The molecule has 1 rings (SSSR count). The summed E-state index contributed by atoms with van der Waals surface area (Å²) in [7, 11) is 4.50. The van der Waals surface area contributed by atoms with Crippen LogP contribution >= 0.6 is 0 Å². The normalized spacial score (nSPS) is 30.9. The summed E-state index contributed by atoms with van der Waals surface area (Å²) in [6, 6.07) is 0. The van der Waals surface area contributed by atoms with Gasteiger partial charge in [0, 0.05) is 12.1 Å². The zero-order valence-corrected chi connectivity index (χ0v) is 11.7. The van der Waals surface area contributed by atoms with Gasteiger partial charge in [-0.3, -0.25) is 0 Å². The van der Waals surface area contributed by atoms with Crippen LogP contribution < -0.4 is 5.32 Å². The minimum Gasteiger partial charge on any atom is -0.315 e. The molecule has 0 amide bonds. The highest BCUT2D eigenvalue weighted by Crippen LogP contribution is 2.35. The SMILES string of the molecule is CCCCNCC1(N(C)C)CCCC(C)C1. The molecule has 0 aromatic rings. The molecular weight excluding hydrogens is 196 g/mol. The van der Waals surface area contributed by atoms with E-state index in [2.05, 4.69) is 38.2 Å². The smallest absolute Gasteiger partial charge is 0.0330 e. The van der Waals surface area contributed by atoms with Gasteiger partial charge >= 0.3 is 0 Å². The van der Waals surface area contributed by atoms with Gasteiger partial charge in [0.25, 0.3) is 0 Å². The first-order chi connectivity index (χ1) is 7.60. The van der Waals surface area contributed by atoms with Gasteiger partial charge in [0.15, 0.2) is 0 Å². The molecular formula is C14H30N2. The monoisotopic (exact) mass is 226 g/mol. The first-order valence-corrected chi connectivity index (χ1v) is 6.99. The van der Waals surface area contributed by atoms with Crippen molar-refractivity contribution in [3.63, 3.8) is 0 Å². The molecule has 0 spiro atoms. The second-order valence-corrected chi connectivity index (χ2v) is 5.85. The molecule has 0 radical (unpaired) electrons. The molecule has 2 heteroatoms. The Balaban J connectivity index is 2.45. The van der Waals surface area contributed by atoms with E-state index < -0.39 is 0 Å². The molecule has 2 nitrogen and oxygen atoms in total. The standard InChI is InChI=1S/C14H30N2/c1-5-6-10-15-12-14(16(3)4)9-7-8-13(2)11-14/h13,15H,5-12H2,1-4H3. The van der Waals surface area contributed by atoms with Crippen molar-refractivity contribution in [1.29, 1.82) is 0 Å². The van der Waals surface area contributed by atoms with E-state index in [1.807, 2.05) is 0 Å². The lowest BCUT2D eigenvalue weighted by Crippen LogP contribution is -2.54. The molecule has 1 aliphatic rings. The van der Waals surface area contributed by atoms with Crippen LogP contribution in [0.4, 0.5) is 0 Å². The van der Waals surface area contributed by atoms with Crippen LogP contribution in [0.2, 0.25) is 0 Å². The Bertz CT molecular complexity index is 191. The predicted molar refractivity (Wildman–Crippen MR) is 71.8 cm³/mol. The van der Waals surface area contributed by atoms with Crippen molar-refractivity contribution in [2.24, 2.45) is 5.92 Å². The highest BCUT2D eigenvalue weighted by Gasteiger charge is 2.36. The summed E-state index contributed by atoms with van der Waals surface area (Å²) in [6.07, 6.45) is 8.14. The van der Waals surface area contributed by atoms with Crippen LogP contribution in [-0.2, 0) is 0 Å². The number of hydrogen-bond acceptors (Lipinski definition) is 2. The Morgan fingerprint density at radius 3 is 2.69 bits per heavy atom. The lowest BCUT2D eigenvalue weighted by Gasteiger charge is -2.45. The number of nitrogens with one attached hydrogen (secondary N) is 1. The highest BCUT2D eigenvalue weighted by atomic mass is 15.2. The van der Waals surface area contributed by atoms with E-state index in [1.165, 1.54) is 51.6 Å². The number of rotatable bonds is 6. The Labute approximate surface area is 102 Å². The van der Waals surface area contributed by atoms with Crippen LogP contribution in [0, 0.1) is 5.92 Å². The van der Waals surface area contributed by atoms with E-state index >= 15 is 0 Å². The van der Waals surface area contributed by atoms with Gasteiger partial charge in [-0.05, 0) is 45.8 Å². The molecule has 1 aliphatic carbocycles. The third kappa shape index (κ3) is 3.74. The van der Waals surface area contributed by atoms with E-state index in [1.54, 1.807) is 0 Å². The Hall–Kier alpha value is -0.0800. The molecule has 1 saturated carbocycles. The molecule has 0 aliphatic heterocycles. The molecule has 16 heavy (non-hydrogen) atoms. The number of likely N-dealkylation sites (N-methyl/N-ethyl adjacent to an activating group) is 1. The van der Waals surface area contributed by atoms with E-state index in [0.717, 1.165) is 5.92 Å². The minimum absolute atomic E-state index is 0.422. The Morgan fingerprint density at radius 2 is 2.12 bits per heavy atom. The van der Waals surface area contributed by atoms with Crippen LogP contribution in [0.1, 0.15) is 52.4 Å². The Morgan fingerprint density at radius 1 is 1.38 bits per heavy atom. The fourth-order valence-electron chi connectivity index (χ4n) is 2.98. The van der Waals surface area contributed by atoms with E-state index in [9.17, 15) is 0 Å². The fraction of sp³-hybridized carbons (Fsp3) is 1.00. The topological polar surface area (TPSA) is 15.3 Å². The van der Waals surface area contributed by atoms with Gasteiger partial charge in [-0.15, -0.1) is 0 Å². The van der Waals surface area contributed by atoms with E-state index in [0.29, 0.717) is 5.54 Å². The zero-order chi connectivity index (χ0) is 12.0. The average Bonchev–Trinajstić information content (AvgIpc) is 2.24. The summed E-state index contributed by atoms with van der Waals surface area (Å²) in [6.45, 7) is 7.01. The molecule has 0 saturated heterocycles. The van der Waals surface area contributed by atoms with Gasteiger partial charge in [0.05, 0.1) is 0 Å². The molecule has 0 aromatic carbocycles. The second-order valence-electron chi connectivity index (χ2n) is 5.85. The van der Waals surface area contributed by atoms with E-state index in [4.69, 9.17) is 0 Å². The molecule has 0 bridgehead atoms. The van der Waals surface area contributed by atoms with Crippen molar-refractivity contribution in [1.82, 2.24) is 10.2 Å². The number of hydrogen-bond donors (Lipinski definition) is 1. The van der Waals surface area contributed by atoms with Crippen LogP contribution in [-0.4, -0.2) is 37.6 Å². The minimum atomic E-state index is 0.422. The van der Waals surface area contributed by atoms with Crippen molar-refractivity contribution in [2.45, 2.75) is 57.9 Å². The molecule has 2 atom stereocenters. The third-order valence-electron chi connectivity index (χ3n) is 4.18. The summed E-state index contributed by atoms with van der Waals surface area (Å²) in [5.74, 6) is 0.893. The molecule has 1 N–H and O–H groups in total. The molecule has 96 valence electrons. The summed E-state index contributed by atoms with van der Waals surface area (Å²) >= 11 is 0. The van der Waals surface area contributed by atoms with Gasteiger partial charge in [-0.25, -0.2) is 0 Å². The van der Waals surface area contributed by atoms with E-state index in [-0.39, 0.29) is 0 Å². The maximum absolute atomic E-state index is 3.66. The lowest BCUT2D eigenvalue weighted by molar-refractivity contribution is 0.0754. The average molecular weight is 226 g/mol. The molecule has 0 aromatic heterocycles. The van der Waals surface area contributed by atoms with Crippen LogP contribution in [0.15, 0.2) is 0 Å². The molecule has 1 fully saturated rings. The van der Waals surface area contributed by atoms with Crippen LogP contribution in [0.3, 0.4) is 0 Å². The predicted octanol–water partition coefficient (Wildman–Crippen LogP) is 2.89. The van der Waals surface area contributed by atoms with Crippen molar-refractivity contribution in [3.8, 4) is 0 Å². The lowest BCUT2D eigenvalue weighted by atomic mass is 9.75. The van der Waals surface area contributed by atoms with Crippen molar-refractivity contribution in [3.05, 3.63) is 0 Å². The summed E-state index contributed by atoms with van der Waals surface area (Å²) in [5.41, 5.74) is 0.422. The van der Waals surface area contributed by atoms with Crippen LogP contribution in [0.5, 0.6) is 0 Å². The van der Waals surface area contributed by atoms with Gasteiger partial charge in [-0.1, -0.05) is 33.1 Å². The first kappa shape index (κ1) is 14.0. The van der Waals surface area contributed by atoms with Gasteiger partial charge < -0.3 is 10.2 Å². The highest BCUT2D eigenvalue weighted by molar-refractivity contribution is 4.94. The number of nitrogens with zero attached hydrogens (tertiary/aromatic N) is 1. The Kier molecular flexibility index (Phi) is 5.77. The fourth-order valence-corrected chi connectivity index (χ4v) is 2.98. The molecule has 2 unspecified atom stereocenters. The van der Waals surface area contributed by atoms with Gasteiger partial charge in [-0.2, -0.15) is 0 Å². The first-order valence-electron chi connectivity index (χ1n) is 6.99. The van der Waals surface area contributed by atoms with Gasteiger partial charge in [0.2, 0.25) is 0 Å². The zero-order valence-electron chi connectivity index (χ0n) is 11.7. The summed E-state index contributed by atoms with van der Waals surface area (Å²) in [4.78, 5) is 2.46. The number of unbranched alkanes of at least 4 members (excludes halogenated alkanes) is 1. The van der Waals surface area contributed by atoms with Crippen LogP contribution in [0.25, 0.3) is 0 Å². The van der Waals surface area contributed by atoms with Crippen molar-refractivity contribution >= 4 is 0 Å².